The lowest BCUT2D eigenvalue weighted by Crippen LogP contribution is -2.17. The van der Waals surface area contributed by atoms with E-state index >= 15 is 0 Å². The van der Waals surface area contributed by atoms with Gasteiger partial charge in [0.25, 0.3) is 5.91 Å². The molecule has 0 atom stereocenters. The van der Waals surface area contributed by atoms with Crippen LogP contribution in [-0.2, 0) is 0 Å². The topological polar surface area (TPSA) is 48.1 Å². The van der Waals surface area contributed by atoms with Gasteiger partial charge in [0.1, 0.15) is 11.5 Å². The van der Waals surface area contributed by atoms with Gasteiger partial charge in [-0.1, -0.05) is 0 Å². The summed E-state index contributed by atoms with van der Waals surface area (Å²) in [6, 6.07) is 14.0. The van der Waals surface area contributed by atoms with Gasteiger partial charge in [0.05, 0.1) is 0 Å². The highest BCUT2D eigenvalue weighted by molar-refractivity contribution is 6.06. The van der Waals surface area contributed by atoms with E-state index in [1.165, 1.54) is 30.7 Å². The Hall–Kier alpha value is -2.82. The minimum atomic E-state index is -0.325. The number of nitrogens with one attached hydrogen (secondary N) is 2. The molecule has 2 aromatic carbocycles. The van der Waals surface area contributed by atoms with Gasteiger partial charge < -0.3 is 15.2 Å². The van der Waals surface area contributed by atoms with Gasteiger partial charge in [-0.25, -0.2) is 4.39 Å². The third-order valence-electron chi connectivity index (χ3n) is 4.43. The van der Waals surface area contributed by atoms with Crippen molar-refractivity contribution in [2.24, 2.45) is 0 Å². The second kappa shape index (κ2) is 6.00. The van der Waals surface area contributed by atoms with Crippen LogP contribution in [0.15, 0.2) is 48.5 Å². The van der Waals surface area contributed by atoms with E-state index in [2.05, 4.69) is 15.2 Å². The predicted molar refractivity (Wildman–Crippen MR) is 94.1 cm³/mol. The number of aromatic nitrogens is 1. The van der Waals surface area contributed by atoms with Gasteiger partial charge in [-0.3, -0.25) is 4.79 Å². The van der Waals surface area contributed by atoms with E-state index in [9.17, 15) is 9.18 Å². The van der Waals surface area contributed by atoms with Crippen LogP contribution in [0.1, 0.15) is 23.3 Å². The molecule has 24 heavy (non-hydrogen) atoms. The van der Waals surface area contributed by atoms with Crippen LogP contribution in [0.2, 0.25) is 0 Å². The Morgan fingerprint density at radius 1 is 1.04 bits per heavy atom. The van der Waals surface area contributed by atoms with Crippen LogP contribution in [-0.4, -0.2) is 24.0 Å². The lowest BCUT2D eigenvalue weighted by molar-refractivity contribution is 0.102. The number of fused-ring (bicyclic) bond motifs is 1. The van der Waals surface area contributed by atoms with Crippen molar-refractivity contribution in [3.63, 3.8) is 0 Å². The maximum absolute atomic E-state index is 13.2. The molecule has 2 N–H and O–H groups in total. The Kier molecular flexibility index (Phi) is 3.69. The first-order chi connectivity index (χ1) is 11.7. The van der Waals surface area contributed by atoms with Crippen molar-refractivity contribution in [2.75, 3.05) is 23.3 Å². The second-order valence-corrected chi connectivity index (χ2v) is 6.11. The number of hydrogen-bond donors (Lipinski definition) is 2. The highest BCUT2D eigenvalue weighted by Gasteiger charge is 2.13. The number of hydrogen-bond acceptors (Lipinski definition) is 2. The minimum Gasteiger partial charge on any atom is -0.372 e. The fourth-order valence-electron chi connectivity index (χ4n) is 3.15. The molecule has 2 heterocycles. The molecule has 1 aliphatic rings. The quantitative estimate of drug-likeness (QED) is 0.760. The highest BCUT2D eigenvalue weighted by atomic mass is 19.1. The molecule has 0 unspecified atom stereocenters. The molecule has 1 aliphatic heterocycles. The lowest BCUT2D eigenvalue weighted by atomic mass is 10.2. The van der Waals surface area contributed by atoms with Crippen molar-refractivity contribution in [2.45, 2.75) is 12.8 Å². The van der Waals surface area contributed by atoms with E-state index in [0.29, 0.717) is 11.2 Å². The van der Waals surface area contributed by atoms with Gasteiger partial charge in [0, 0.05) is 35.4 Å². The van der Waals surface area contributed by atoms with E-state index < -0.39 is 0 Å². The van der Waals surface area contributed by atoms with Crippen molar-refractivity contribution in [3.8, 4) is 0 Å². The molecule has 3 aromatic rings. The number of benzene rings is 2. The zero-order valence-corrected chi connectivity index (χ0v) is 13.2. The second-order valence-electron chi connectivity index (χ2n) is 6.11. The largest absolute Gasteiger partial charge is 0.372 e. The summed E-state index contributed by atoms with van der Waals surface area (Å²) in [7, 11) is 0. The average molecular weight is 323 g/mol. The van der Waals surface area contributed by atoms with E-state index in [1.807, 2.05) is 24.3 Å². The van der Waals surface area contributed by atoms with E-state index in [4.69, 9.17) is 0 Å². The first kappa shape index (κ1) is 14.8. The van der Waals surface area contributed by atoms with Crippen LogP contribution in [0.25, 0.3) is 10.9 Å². The van der Waals surface area contributed by atoms with Crippen LogP contribution < -0.4 is 10.2 Å². The SMILES string of the molecule is O=C(Nc1ccc(N2CCCC2)cc1)c1cc2ccc(F)cc2[nH]1. The van der Waals surface area contributed by atoms with Gasteiger partial charge in [0.2, 0.25) is 0 Å². The monoisotopic (exact) mass is 323 g/mol. The third kappa shape index (κ3) is 2.85. The molecular weight excluding hydrogens is 305 g/mol. The van der Waals surface area contributed by atoms with Crippen molar-refractivity contribution in [1.82, 2.24) is 4.98 Å². The Labute approximate surface area is 139 Å². The number of carbonyl (C=O) groups excluding carboxylic acids is 1. The number of carbonyl (C=O) groups is 1. The number of anilines is 2. The van der Waals surface area contributed by atoms with Crippen molar-refractivity contribution in [3.05, 3.63) is 60.0 Å². The van der Waals surface area contributed by atoms with Gasteiger partial charge >= 0.3 is 0 Å². The fraction of sp³-hybridized carbons (Fsp3) is 0.211. The van der Waals surface area contributed by atoms with Crippen LogP contribution in [0.3, 0.4) is 0 Å². The van der Waals surface area contributed by atoms with Gasteiger partial charge in [-0.15, -0.1) is 0 Å². The fourth-order valence-corrected chi connectivity index (χ4v) is 3.15. The van der Waals surface area contributed by atoms with Crippen LogP contribution in [0.5, 0.6) is 0 Å². The molecule has 1 aromatic heterocycles. The zero-order chi connectivity index (χ0) is 16.5. The number of rotatable bonds is 3. The van der Waals surface area contributed by atoms with E-state index in [-0.39, 0.29) is 11.7 Å². The molecule has 0 aliphatic carbocycles. The number of halogens is 1. The maximum atomic E-state index is 13.2. The minimum absolute atomic E-state index is 0.236. The first-order valence-corrected chi connectivity index (χ1v) is 8.14. The van der Waals surface area contributed by atoms with Crippen LogP contribution >= 0.6 is 0 Å². The molecular formula is C19H18FN3O. The summed E-state index contributed by atoms with van der Waals surface area (Å²) in [5.41, 5.74) is 2.96. The van der Waals surface area contributed by atoms with Gasteiger partial charge in [0.15, 0.2) is 0 Å². The molecule has 1 fully saturated rings. The summed E-state index contributed by atoms with van der Waals surface area (Å²) in [5, 5.41) is 3.68. The van der Waals surface area contributed by atoms with Crippen molar-refractivity contribution >= 4 is 28.2 Å². The molecule has 122 valence electrons. The molecule has 1 amide bonds. The normalized spacial score (nSPS) is 14.3. The summed E-state index contributed by atoms with van der Waals surface area (Å²) >= 11 is 0. The summed E-state index contributed by atoms with van der Waals surface area (Å²) < 4.78 is 13.2. The number of aromatic amines is 1. The zero-order valence-electron chi connectivity index (χ0n) is 13.2. The molecule has 5 heteroatoms. The van der Waals surface area contributed by atoms with E-state index in [1.54, 1.807) is 12.1 Å². The number of amides is 1. The Bertz CT molecular complexity index is 879. The first-order valence-electron chi connectivity index (χ1n) is 8.14. The number of nitrogens with zero attached hydrogens (tertiary/aromatic N) is 1. The van der Waals surface area contributed by atoms with E-state index in [0.717, 1.165) is 24.2 Å². The highest BCUT2D eigenvalue weighted by Crippen LogP contribution is 2.23. The predicted octanol–water partition coefficient (Wildman–Crippen LogP) is 4.16. The summed E-state index contributed by atoms with van der Waals surface area (Å²) in [6.07, 6.45) is 2.47. The lowest BCUT2D eigenvalue weighted by Gasteiger charge is -2.17. The standard InChI is InChI=1S/C19H18FN3O/c20-14-4-3-13-11-18(22-17(13)12-14)19(24)21-15-5-7-16(8-6-15)23-9-1-2-10-23/h3-8,11-12,22H,1-2,9-10H2,(H,21,24). The van der Waals surface area contributed by atoms with Crippen LogP contribution in [0, 0.1) is 5.82 Å². The summed E-state index contributed by atoms with van der Waals surface area (Å²) in [5.74, 6) is -0.561. The Balaban J connectivity index is 1.50. The van der Waals surface area contributed by atoms with Gasteiger partial charge in [-0.05, 0) is 61.4 Å². The average Bonchev–Trinajstić information content (AvgIpc) is 3.24. The molecule has 4 nitrogen and oxygen atoms in total. The van der Waals surface area contributed by atoms with Gasteiger partial charge in [-0.2, -0.15) is 0 Å². The molecule has 4 rings (SSSR count). The molecule has 0 spiro atoms. The number of H-pyrrole nitrogens is 1. The van der Waals surface area contributed by atoms with Crippen molar-refractivity contribution in [1.29, 1.82) is 0 Å². The molecule has 0 saturated carbocycles. The maximum Gasteiger partial charge on any atom is 0.272 e. The Morgan fingerprint density at radius 2 is 1.79 bits per heavy atom. The van der Waals surface area contributed by atoms with Crippen molar-refractivity contribution < 1.29 is 9.18 Å². The third-order valence-corrected chi connectivity index (χ3v) is 4.43. The summed E-state index contributed by atoms with van der Waals surface area (Å²) in [6.45, 7) is 2.19. The summed E-state index contributed by atoms with van der Waals surface area (Å²) in [4.78, 5) is 17.7. The molecule has 0 bridgehead atoms. The Morgan fingerprint density at radius 3 is 2.54 bits per heavy atom. The van der Waals surface area contributed by atoms with Crippen LogP contribution in [0.4, 0.5) is 15.8 Å². The molecule has 1 saturated heterocycles. The smallest absolute Gasteiger partial charge is 0.272 e. The molecule has 0 radical (unpaired) electrons.